The summed E-state index contributed by atoms with van der Waals surface area (Å²) in [6.45, 7) is 0.362. The fourth-order valence-electron chi connectivity index (χ4n) is 1.82. The lowest BCUT2D eigenvalue weighted by Crippen LogP contribution is -2.40. The summed E-state index contributed by atoms with van der Waals surface area (Å²) in [5.74, 6) is 1.33. The van der Waals surface area contributed by atoms with Gasteiger partial charge in [0.15, 0.2) is 5.82 Å². The number of hydrogen-bond acceptors (Lipinski definition) is 5. The monoisotopic (exact) mass is 257 g/mol. The van der Waals surface area contributed by atoms with Crippen LogP contribution < -0.4 is 5.32 Å². The van der Waals surface area contributed by atoms with Crippen LogP contribution in [0.25, 0.3) is 0 Å². The molecule has 1 aromatic heterocycles. The van der Waals surface area contributed by atoms with E-state index in [1.165, 1.54) is 0 Å². The fourth-order valence-corrected chi connectivity index (χ4v) is 2.02. The number of nitrogens with one attached hydrogen (secondary N) is 1. The number of hydrogen-bond donors (Lipinski definition) is 1. The van der Waals surface area contributed by atoms with Gasteiger partial charge in [-0.1, -0.05) is 11.6 Å². The van der Waals surface area contributed by atoms with Gasteiger partial charge in [-0.3, -0.25) is 0 Å². The molecule has 0 aromatic carbocycles. The molecule has 1 heterocycles. The maximum Gasteiger partial charge on any atom is 0.158 e. The third kappa shape index (κ3) is 3.28. The highest BCUT2D eigenvalue weighted by molar-refractivity contribution is 6.29. The number of aromatic nitrogens is 2. The van der Waals surface area contributed by atoms with Crippen LogP contribution in [0, 0.1) is 0 Å². The molecule has 0 aliphatic heterocycles. The van der Waals surface area contributed by atoms with Gasteiger partial charge in [0.1, 0.15) is 17.6 Å². The van der Waals surface area contributed by atoms with E-state index >= 15 is 0 Å². The van der Waals surface area contributed by atoms with Crippen molar-refractivity contribution in [1.29, 1.82) is 0 Å². The Kier molecular flexibility index (Phi) is 4.15. The SMILES string of the molecule is COCc1nc(Cl)cc(NC2CC(OC)C2)n1. The van der Waals surface area contributed by atoms with Crippen LogP contribution in [-0.4, -0.2) is 36.3 Å². The lowest BCUT2D eigenvalue weighted by molar-refractivity contribution is 0.0328. The molecule has 1 aliphatic carbocycles. The van der Waals surface area contributed by atoms with E-state index in [1.54, 1.807) is 20.3 Å². The van der Waals surface area contributed by atoms with Crippen molar-refractivity contribution in [3.8, 4) is 0 Å². The number of ether oxygens (including phenoxy) is 2. The summed E-state index contributed by atoms with van der Waals surface area (Å²) in [4.78, 5) is 8.39. The molecule has 1 aromatic rings. The van der Waals surface area contributed by atoms with Gasteiger partial charge in [0, 0.05) is 26.3 Å². The predicted octanol–water partition coefficient (Wildman–Crippen LogP) is 1.87. The van der Waals surface area contributed by atoms with E-state index in [1.807, 2.05) is 0 Å². The second-order valence-electron chi connectivity index (χ2n) is 4.10. The molecule has 0 radical (unpaired) electrons. The molecule has 1 fully saturated rings. The maximum absolute atomic E-state index is 5.91. The number of methoxy groups -OCH3 is 2. The molecule has 6 heteroatoms. The number of anilines is 1. The van der Waals surface area contributed by atoms with E-state index in [0.29, 0.717) is 29.7 Å². The van der Waals surface area contributed by atoms with Crippen LogP contribution in [0.3, 0.4) is 0 Å². The second-order valence-corrected chi connectivity index (χ2v) is 4.48. The van der Waals surface area contributed by atoms with Gasteiger partial charge in [-0.05, 0) is 12.8 Å². The highest BCUT2D eigenvalue weighted by Gasteiger charge is 2.29. The van der Waals surface area contributed by atoms with E-state index < -0.39 is 0 Å². The molecular formula is C11H16ClN3O2. The van der Waals surface area contributed by atoms with Crippen molar-refractivity contribution >= 4 is 17.4 Å². The van der Waals surface area contributed by atoms with Gasteiger partial charge in [0.05, 0.1) is 6.10 Å². The first-order valence-electron chi connectivity index (χ1n) is 5.53. The Morgan fingerprint density at radius 2 is 2.18 bits per heavy atom. The third-order valence-electron chi connectivity index (χ3n) is 2.79. The summed E-state index contributed by atoms with van der Waals surface area (Å²) in [5.41, 5.74) is 0. The van der Waals surface area contributed by atoms with Crippen LogP contribution in [0.2, 0.25) is 5.15 Å². The Labute approximate surface area is 105 Å². The molecule has 0 spiro atoms. The fraction of sp³-hybridized carbons (Fsp3) is 0.636. The summed E-state index contributed by atoms with van der Waals surface area (Å²) < 4.78 is 10.2. The van der Waals surface area contributed by atoms with Crippen molar-refractivity contribution in [2.75, 3.05) is 19.5 Å². The third-order valence-corrected chi connectivity index (χ3v) is 2.99. The predicted molar refractivity (Wildman–Crippen MR) is 65.2 cm³/mol. The van der Waals surface area contributed by atoms with Gasteiger partial charge < -0.3 is 14.8 Å². The molecule has 5 nitrogen and oxygen atoms in total. The molecule has 0 saturated heterocycles. The average molecular weight is 258 g/mol. The summed E-state index contributed by atoms with van der Waals surface area (Å²) in [7, 11) is 3.34. The van der Waals surface area contributed by atoms with Crippen LogP contribution in [-0.2, 0) is 16.1 Å². The topological polar surface area (TPSA) is 56.3 Å². The number of halogens is 1. The maximum atomic E-state index is 5.91. The van der Waals surface area contributed by atoms with E-state index in [4.69, 9.17) is 21.1 Å². The minimum absolute atomic E-state index is 0.362. The summed E-state index contributed by atoms with van der Waals surface area (Å²) >= 11 is 5.91. The van der Waals surface area contributed by atoms with Gasteiger partial charge in [-0.2, -0.15) is 0 Å². The molecule has 0 atom stereocenters. The quantitative estimate of drug-likeness (QED) is 0.816. The Bertz CT molecular complexity index is 383. The largest absolute Gasteiger partial charge is 0.381 e. The normalized spacial score (nSPS) is 23.2. The molecule has 17 heavy (non-hydrogen) atoms. The van der Waals surface area contributed by atoms with Crippen LogP contribution in [0.15, 0.2) is 6.07 Å². The molecule has 2 rings (SSSR count). The molecule has 0 amide bonds. The highest BCUT2D eigenvalue weighted by Crippen LogP contribution is 2.26. The molecule has 1 saturated carbocycles. The van der Waals surface area contributed by atoms with Gasteiger partial charge in [-0.15, -0.1) is 0 Å². The van der Waals surface area contributed by atoms with E-state index in [9.17, 15) is 0 Å². The van der Waals surface area contributed by atoms with Gasteiger partial charge >= 0.3 is 0 Å². The van der Waals surface area contributed by atoms with Crippen molar-refractivity contribution in [2.45, 2.75) is 31.6 Å². The standard InChI is InChI=1S/C11H16ClN3O2/c1-16-6-11-14-9(12)5-10(15-11)13-7-3-8(4-7)17-2/h5,7-8H,3-4,6H2,1-2H3,(H,13,14,15). The smallest absolute Gasteiger partial charge is 0.158 e. The van der Waals surface area contributed by atoms with E-state index in [2.05, 4.69) is 15.3 Å². The second kappa shape index (κ2) is 5.62. The van der Waals surface area contributed by atoms with Gasteiger partial charge in [0.2, 0.25) is 0 Å². The van der Waals surface area contributed by atoms with E-state index in [0.717, 1.165) is 18.7 Å². The zero-order chi connectivity index (χ0) is 12.3. The first-order valence-corrected chi connectivity index (χ1v) is 5.90. The Balaban J connectivity index is 1.96. The van der Waals surface area contributed by atoms with Crippen molar-refractivity contribution < 1.29 is 9.47 Å². The number of rotatable bonds is 5. The zero-order valence-corrected chi connectivity index (χ0v) is 10.7. The number of nitrogens with zero attached hydrogens (tertiary/aromatic N) is 2. The van der Waals surface area contributed by atoms with Crippen molar-refractivity contribution in [3.05, 3.63) is 17.0 Å². The first kappa shape index (κ1) is 12.5. The van der Waals surface area contributed by atoms with Crippen molar-refractivity contribution in [1.82, 2.24) is 9.97 Å². The molecular weight excluding hydrogens is 242 g/mol. The Morgan fingerprint density at radius 3 is 2.82 bits per heavy atom. The average Bonchev–Trinajstić information content (AvgIpc) is 2.22. The molecule has 94 valence electrons. The summed E-state index contributed by atoms with van der Waals surface area (Å²) in [6, 6.07) is 2.13. The highest BCUT2D eigenvalue weighted by atomic mass is 35.5. The first-order chi connectivity index (χ1) is 8.21. The van der Waals surface area contributed by atoms with Crippen LogP contribution in [0.4, 0.5) is 5.82 Å². The van der Waals surface area contributed by atoms with Gasteiger partial charge in [-0.25, -0.2) is 9.97 Å². The lowest BCUT2D eigenvalue weighted by Gasteiger charge is -2.34. The zero-order valence-electron chi connectivity index (χ0n) is 9.94. The summed E-state index contributed by atoms with van der Waals surface area (Å²) in [6.07, 6.45) is 2.36. The Hall–Kier alpha value is -0.910. The minimum Gasteiger partial charge on any atom is -0.381 e. The van der Waals surface area contributed by atoms with Crippen LogP contribution >= 0.6 is 11.6 Å². The lowest BCUT2D eigenvalue weighted by atomic mass is 9.89. The Morgan fingerprint density at radius 1 is 1.41 bits per heavy atom. The van der Waals surface area contributed by atoms with Crippen LogP contribution in [0.1, 0.15) is 18.7 Å². The van der Waals surface area contributed by atoms with Crippen LogP contribution in [0.5, 0.6) is 0 Å². The molecule has 1 aliphatic rings. The van der Waals surface area contributed by atoms with Crippen molar-refractivity contribution in [3.63, 3.8) is 0 Å². The molecule has 1 N–H and O–H groups in total. The molecule has 0 unspecified atom stereocenters. The minimum atomic E-state index is 0.362. The van der Waals surface area contributed by atoms with E-state index in [-0.39, 0.29) is 0 Å². The van der Waals surface area contributed by atoms with Gasteiger partial charge in [0.25, 0.3) is 0 Å². The van der Waals surface area contributed by atoms with Crippen molar-refractivity contribution in [2.24, 2.45) is 0 Å². The molecule has 0 bridgehead atoms. The summed E-state index contributed by atoms with van der Waals surface area (Å²) in [5, 5.41) is 3.74.